The average molecular weight is 408 g/mol. The maximum absolute atomic E-state index is 12.7. The quantitative estimate of drug-likeness (QED) is 0.661. The third-order valence-corrected chi connectivity index (χ3v) is 6.20. The summed E-state index contributed by atoms with van der Waals surface area (Å²) in [6.07, 6.45) is 3.78. The van der Waals surface area contributed by atoms with Crippen molar-refractivity contribution in [2.75, 3.05) is 24.5 Å². The highest BCUT2D eigenvalue weighted by Gasteiger charge is 2.31. The highest BCUT2D eigenvalue weighted by atomic mass is 19.4. The lowest BCUT2D eigenvalue weighted by molar-refractivity contribution is -0.137. The van der Waals surface area contributed by atoms with Crippen LogP contribution in [0.2, 0.25) is 0 Å². The van der Waals surface area contributed by atoms with Crippen LogP contribution in [0.3, 0.4) is 0 Å². The molecule has 0 spiro atoms. The van der Waals surface area contributed by atoms with Gasteiger partial charge < -0.3 is 9.80 Å². The van der Waals surface area contributed by atoms with Gasteiger partial charge in [0, 0.05) is 37.8 Å². The lowest BCUT2D eigenvalue weighted by Gasteiger charge is -2.36. The Labute approximate surface area is 169 Å². The number of aromatic nitrogens is 1. The second-order valence-corrected chi connectivity index (χ2v) is 8.12. The number of alkyl halides is 3. The van der Waals surface area contributed by atoms with Gasteiger partial charge in [-0.15, -0.1) is 0 Å². The van der Waals surface area contributed by atoms with E-state index in [2.05, 4.69) is 11.1 Å². The molecule has 1 saturated carbocycles. The van der Waals surface area contributed by atoms with Gasteiger partial charge in [0.1, 0.15) is 5.82 Å². The summed E-state index contributed by atoms with van der Waals surface area (Å²) in [4.78, 5) is 19.5. The van der Waals surface area contributed by atoms with Crippen LogP contribution in [0.4, 0.5) is 19.0 Å². The summed E-state index contributed by atoms with van der Waals surface area (Å²) in [7, 11) is 0. The molecule has 1 aliphatic heterocycles. The van der Waals surface area contributed by atoms with Crippen molar-refractivity contribution in [3.05, 3.63) is 23.9 Å². The van der Waals surface area contributed by atoms with E-state index in [1.165, 1.54) is 6.07 Å². The molecule has 29 heavy (non-hydrogen) atoms. The molecule has 2 heterocycles. The first-order valence-corrected chi connectivity index (χ1v) is 10.3. The molecule has 0 radical (unpaired) electrons. The number of carbonyl (C=O) groups is 1. The maximum atomic E-state index is 12.7. The summed E-state index contributed by atoms with van der Waals surface area (Å²) in [6, 6.07) is 5.05. The number of hydrogen-bond donors (Lipinski definition) is 0. The fourth-order valence-electron chi connectivity index (χ4n) is 4.44. The van der Waals surface area contributed by atoms with Crippen molar-refractivity contribution in [3.63, 3.8) is 0 Å². The second kappa shape index (κ2) is 9.47. The van der Waals surface area contributed by atoms with Crippen LogP contribution in [-0.2, 0) is 11.0 Å². The number of piperidine rings is 1. The van der Waals surface area contributed by atoms with Gasteiger partial charge in [-0.2, -0.15) is 18.4 Å². The Kier molecular flexibility index (Phi) is 6.99. The van der Waals surface area contributed by atoms with Crippen LogP contribution in [0.15, 0.2) is 18.3 Å². The SMILES string of the molecule is N#CC1CCC(N(C=O)CCC2CCCN(c3ccc(C(F)(F)F)cn3)C2)CC1. The van der Waals surface area contributed by atoms with E-state index in [9.17, 15) is 18.0 Å². The van der Waals surface area contributed by atoms with Crippen LogP contribution >= 0.6 is 0 Å². The molecule has 8 heteroatoms. The Hall–Kier alpha value is -2.30. The molecule has 1 aromatic rings. The van der Waals surface area contributed by atoms with Crippen LogP contribution in [0.25, 0.3) is 0 Å². The molecule has 1 aromatic heterocycles. The highest BCUT2D eigenvalue weighted by molar-refractivity contribution is 5.47. The Bertz CT molecular complexity index is 708. The minimum Gasteiger partial charge on any atom is -0.356 e. The number of carbonyl (C=O) groups excluding carboxylic acids is 1. The van der Waals surface area contributed by atoms with E-state index in [1.807, 2.05) is 9.80 Å². The number of rotatable bonds is 6. The largest absolute Gasteiger partial charge is 0.417 e. The van der Waals surface area contributed by atoms with Crippen molar-refractivity contribution in [2.45, 2.75) is 57.2 Å². The molecular formula is C21H27F3N4O. The maximum Gasteiger partial charge on any atom is 0.417 e. The molecule has 2 fully saturated rings. The first-order valence-electron chi connectivity index (χ1n) is 10.3. The van der Waals surface area contributed by atoms with E-state index in [4.69, 9.17) is 5.26 Å². The minimum atomic E-state index is -4.37. The number of nitriles is 1. The predicted molar refractivity (Wildman–Crippen MR) is 103 cm³/mol. The summed E-state index contributed by atoms with van der Waals surface area (Å²) in [5.74, 6) is 1.07. The number of anilines is 1. The second-order valence-electron chi connectivity index (χ2n) is 8.12. The molecule has 3 rings (SSSR count). The molecule has 158 valence electrons. The summed E-state index contributed by atoms with van der Waals surface area (Å²) in [5.41, 5.74) is -0.734. The fourth-order valence-corrected chi connectivity index (χ4v) is 4.44. The van der Waals surface area contributed by atoms with Gasteiger partial charge in [0.05, 0.1) is 11.6 Å². The van der Waals surface area contributed by atoms with Gasteiger partial charge in [-0.3, -0.25) is 4.79 Å². The van der Waals surface area contributed by atoms with E-state index in [1.54, 1.807) is 0 Å². The number of amides is 1. The van der Waals surface area contributed by atoms with Gasteiger partial charge in [-0.05, 0) is 63.0 Å². The van der Waals surface area contributed by atoms with E-state index < -0.39 is 11.7 Å². The van der Waals surface area contributed by atoms with E-state index in [0.717, 1.165) is 76.7 Å². The molecule has 5 nitrogen and oxygen atoms in total. The molecule has 0 aromatic carbocycles. The first-order chi connectivity index (χ1) is 13.9. The van der Waals surface area contributed by atoms with Gasteiger partial charge in [0.25, 0.3) is 0 Å². The molecule has 0 bridgehead atoms. The van der Waals surface area contributed by atoms with Crippen LogP contribution in [-0.4, -0.2) is 42.0 Å². The molecular weight excluding hydrogens is 381 g/mol. The lowest BCUT2D eigenvalue weighted by Crippen LogP contribution is -2.41. The van der Waals surface area contributed by atoms with Gasteiger partial charge in [-0.25, -0.2) is 4.98 Å². The van der Waals surface area contributed by atoms with Gasteiger partial charge in [0.2, 0.25) is 6.41 Å². The fraction of sp³-hybridized carbons (Fsp3) is 0.667. The molecule has 1 aliphatic carbocycles. The average Bonchev–Trinajstić information content (AvgIpc) is 2.74. The predicted octanol–water partition coefficient (Wildman–Crippen LogP) is 4.25. The van der Waals surface area contributed by atoms with Crippen molar-refractivity contribution in [1.29, 1.82) is 5.26 Å². The Morgan fingerprint density at radius 2 is 2.00 bits per heavy atom. The van der Waals surface area contributed by atoms with Gasteiger partial charge in [-0.1, -0.05) is 0 Å². The molecule has 1 unspecified atom stereocenters. The zero-order chi connectivity index (χ0) is 20.9. The standard InChI is InChI=1S/C21H27F3N4O/c22-21(23,24)18-5-8-20(26-13-18)27-10-1-2-17(14-27)9-11-28(15-29)19-6-3-16(12-25)4-7-19/h5,8,13,15-17,19H,1-4,6-7,9-11,14H2. The topological polar surface area (TPSA) is 60.2 Å². The van der Waals surface area contributed by atoms with E-state index >= 15 is 0 Å². The summed E-state index contributed by atoms with van der Waals surface area (Å²) in [6.45, 7) is 2.21. The Morgan fingerprint density at radius 3 is 2.59 bits per heavy atom. The molecule has 1 amide bonds. The van der Waals surface area contributed by atoms with Crippen molar-refractivity contribution in [1.82, 2.24) is 9.88 Å². The summed E-state index contributed by atoms with van der Waals surface area (Å²) >= 11 is 0. The smallest absolute Gasteiger partial charge is 0.356 e. The third kappa shape index (κ3) is 5.62. The zero-order valence-electron chi connectivity index (χ0n) is 16.4. The Balaban J connectivity index is 1.51. The zero-order valence-corrected chi connectivity index (χ0v) is 16.4. The third-order valence-electron chi connectivity index (χ3n) is 6.20. The molecule has 0 N–H and O–H groups in total. The summed E-state index contributed by atoms with van der Waals surface area (Å²) in [5, 5.41) is 9.02. The number of hydrogen-bond acceptors (Lipinski definition) is 4. The van der Waals surface area contributed by atoms with Crippen LogP contribution in [0, 0.1) is 23.2 Å². The lowest BCUT2D eigenvalue weighted by atomic mass is 9.86. The monoisotopic (exact) mass is 408 g/mol. The van der Waals surface area contributed by atoms with Gasteiger partial charge >= 0.3 is 6.18 Å². The van der Waals surface area contributed by atoms with Crippen molar-refractivity contribution < 1.29 is 18.0 Å². The highest BCUT2D eigenvalue weighted by Crippen LogP contribution is 2.31. The van der Waals surface area contributed by atoms with E-state index in [0.29, 0.717) is 18.3 Å². The van der Waals surface area contributed by atoms with Gasteiger partial charge in [0.15, 0.2) is 0 Å². The van der Waals surface area contributed by atoms with Crippen LogP contribution in [0.5, 0.6) is 0 Å². The van der Waals surface area contributed by atoms with Crippen LogP contribution in [0.1, 0.15) is 50.5 Å². The Morgan fingerprint density at radius 1 is 1.24 bits per heavy atom. The molecule has 2 aliphatic rings. The van der Waals surface area contributed by atoms with E-state index in [-0.39, 0.29) is 12.0 Å². The number of pyridine rings is 1. The van der Waals surface area contributed by atoms with Crippen molar-refractivity contribution in [2.24, 2.45) is 11.8 Å². The van der Waals surface area contributed by atoms with Crippen molar-refractivity contribution >= 4 is 12.2 Å². The van der Waals surface area contributed by atoms with Crippen molar-refractivity contribution in [3.8, 4) is 6.07 Å². The summed E-state index contributed by atoms with van der Waals surface area (Å²) < 4.78 is 38.2. The number of nitrogens with zero attached hydrogens (tertiary/aromatic N) is 4. The first kappa shape index (κ1) is 21.4. The number of halogens is 3. The minimum absolute atomic E-state index is 0.114. The molecule has 1 saturated heterocycles. The van der Waals surface area contributed by atoms with Crippen LogP contribution < -0.4 is 4.90 Å². The molecule has 1 atom stereocenters. The normalized spacial score (nSPS) is 25.3.